The van der Waals surface area contributed by atoms with Crippen LogP contribution >= 0.6 is 0 Å². The number of aromatic hydroxyl groups is 1. The summed E-state index contributed by atoms with van der Waals surface area (Å²) in [5.74, 6) is -0.971. The van der Waals surface area contributed by atoms with Gasteiger partial charge in [0.1, 0.15) is 5.75 Å². The van der Waals surface area contributed by atoms with E-state index in [0.29, 0.717) is 10.4 Å². The van der Waals surface area contributed by atoms with Gasteiger partial charge in [-0.05, 0) is 34.7 Å². The molecule has 0 amide bonds. The maximum Gasteiger partial charge on any atom is 0.226 e. The zero-order chi connectivity index (χ0) is 9.42. The summed E-state index contributed by atoms with van der Waals surface area (Å²) < 4.78 is 0. The van der Waals surface area contributed by atoms with E-state index in [1.165, 1.54) is 24.3 Å². The van der Waals surface area contributed by atoms with Crippen LogP contribution in [0.25, 0.3) is 12.2 Å². The molecule has 0 unspecified atom stereocenters. The first kappa shape index (κ1) is 7.73. The highest BCUT2D eigenvalue weighted by Crippen LogP contribution is 1.99. The van der Waals surface area contributed by atoms with Crippen LogP contribution in [0.4, 0.5) is 0 Å². The predicted octanol–water partition coefficient (Wildman–Crippen LogP) is -0.895. The average molecular weight is 174 g/mol. The predicted molar refractivity (Wildman–Crippen MR) is 46.3 cm³/mol. The molecule has 64 valence electrons. The molecule has 2 rings (SSSR count). The number of fused-ring (bicyclic) bond motifs is 1. The molecule has 0 bridgehead atoms. The second-order valence-electron chi connectivity index (χ2n) is 2.83. The molecular formula is C10H6O3. The number of carbonyl (C=O) groups is 2. The molecule has 3 nitrogen and oxygen atoms in total. The molecule has 0 spiro atoms. The SMILES string of the molecule is O=C1C=c2ccc(O)cc2=CC1=O. The van der Waals surface area contributed by atoms with Gasteiger partial charge >= 0.3 is 0 Å². The summed E-state index contributed by atoms with van der Waals surface area (Å²) >= 11 is 0. The van der Waals surface area contributed by atoms with Crippen molar-refractivity contribution in [3.05, 3.63) is 28.6 Å². The number of benzene rings is 1. The Morgan fingerprint density at radius 2 is 1.54 bits per heavy atom. The Kier molecular flexibility index (Phi) is 1.52. The van der Waals surface area contributed by atoms with E-state index in [2.05, 4.69) is 0 Å². The number of ketones is 2. The van der Waals surface area contributed by atoms with Gasteiger partial charge in [-0.3, -0.25) is 9.59 Å². The molecule has 0 heterocycles. The van der Waals surface area contributed by atoms with Gasteiger partial charge in [-0.15, -0.1) is 0 Å². The second kappa shape index (κ2) is 2.55. The van der Waals surface area contributed by atoms with Crippen LogP contribution in [0.5, 0.6) is 5.75 Å². The molecule has 1 aromatic rings. The van der Waals surface area contributed by atoms with Crippen molar-refractivity contribution in [1.29, 1.82) is 0 Å². The average Bonchev–Trinajstić information content (AvgIpc) is 2.08. The number of carbonyl (C=O) groups excluding carboxylic acids is 2. The largest absolute Gasteiger partial charge is 0.508 e. The zero-order valence-corrected chi connectivity index (χ0v) is 6.65. The van der Waals surface area contributed by atoms with Gasteiger partial charge in [-0.25, -0.2) is 0 Å². The molecule has 0 saturated carbocycles. The lowest BCUT2D eigenvalue weighted by atomic mass is 10.1. The van der Waals surface area contributed by atoms with Crippen LogP contribution in [0.15, 0.2) is 18.2 Å². The number of rotatable bonds is 0. The molecule has 0 fully saturated rings. The van der Waals surface area contributed by atoms with E-state index in [0.717, 1.165) is 0 Å². The minimum absolute atomic E-state index is 0.0885. The standard InChI is InChI=1S/C10H6O3/c11-8-2-1-6-4-9(12)10(13)5-7(6)3-8/h1-5,11H. The minimum atomic E-state index is -0.543. The zero-order valence-electron chi connectivity index (χ0n) is 6.65. The minimum Gasteiger partial charge on any atom is -0.508 e. The van der Waals surface area contributed by atoms with Crippen LogP contribution in [-0.4, -0.2) is 16.7 Å². The number of phenolic OH excluding ortho intramolecular Hbond substituents is 1. The van der Waals surface area contributed by atoms with Gasteiger partial charge in [0.15, 0.2) is 0 Å². The van der Waals surface area contributed by atoms with Crippen LogP contribution in [0.3, 0.4) is 0 Å². The van der Waals surface area contributed by atoms with Gasteiger partial charge in [0.05, 0.1) is 0 Å². The van der Waals surface area contributed by atoms with E-state index in [9.17, 15) is 9.59 Å². The Hall–Kier alpha value is -1.90. The van der Waals surface area contributed by atoms with Gasteiger partial charge in [0.25, 0.3) is 0 Å². The third-order valence-electron chi connectivity index (χ3n) is 1.89. The Morgan fingerprint density at radius 3 is 2.23 bits per heavy atom. The van der Waals surface area contributed by atoms with Crippen molar-refractivity contribution < 1.29 is 14.7 Å². The third-order valence-corrected chi connectivity index (χ3v) is 1.89. The number of phenols is 1. The molecule has 1 aliphatic rings. The monoisotopic (exact) mass is 174 g/mol. The maximum absolute atomic E-state index is 11.0. The van der Waals surface area contributed by atoms with E-state index in [-0.39, 0.29) is 5.75 Å². The lowest BCUT2D eigenvalue weighted by molar-refractivity contribution is -0.129. The smallest absolute Gasteiger partial charge is 0.226 e. The van der Waals surface area contributed by atoms with Gasteiger partial charge < -0.3 is 5.11 Å². The lowest BCUT2D eigenvalue weighted by Gasteiger charge is -1.98. The first-order chi connectivity index (χ1) is 6.16. The first-order valence-electron chi connectivity index (χ1n) is 3.77. The Labute approximate surface area is 73.6 Å². The summed E-state index contributed by atoms with van der Waals surface area (Å²) in [6.45, 7) is 0. The summed E-state index contributed by atoms with van der Waals surface area (Å²) in [5.41, 5.74) is 0. The van der Waals surface area contributed by atoms with E-state index in [1.807, 2.05) is 0 Å². The van der Waals surface area contributed by atoms with E-state index in [4.69, 9.17) is 5.11 Å². The fraction of sp³-hybridized carbons (Fsp3) is 0. The van der Waals surface area contributed by atoms with Crippen molar-refractivity contribution in [2.45, 2.75) is 0 Å². The lowest BCUT2D eigenvalue weighted by Crippen LogP contribution is -2.32. The molecule has 0 saturated heterocycles. The Bertz CT molecular complexity index is 511. The summed E-state index contributed by atoms with van der Waals surface area (Å²) in [6.07, 6.45) is 2.51. The van der Waals surface area contributed by atoms with Crippen LogP contribution < -0.4 is 10.4 Å². The van der Waals surface area contributed by atoms with Crippen molar-refractivity contribution in [2.75, 3.05) is 0 Å². The number of Topliss-reactive ketones (excluding diaryl/α,β-unsaturated/α-hetero) is 2. The van der Waals surface area contributed by atoms with Crippen molar-refractivity contribution in [3.8, 4) is 5.75 Å². The number of hydrogen-bond donors (Lipinski definition) is 1. The number of hydrogen-bond acceptors (Lipinski definition) is 3. The molecule has 1 N–H and O–H groups in total. The maximum atomic E-state index is 11.0. The van der Waals surface area contributed by atoms with E-state index in [1.54, 1.807) is 6.07 Å². The second-order valence-corrected chi connectivity index (χ2v) is 2.83. The fourth-order valence-corrected chi connectivity index (χ4v) is 1.24. The van der Waals surface area contributed by atoms with Crippen LogP contribution in [-0.2, 0) is 9.59 Å². The fourth-order valence-electron chi connectivity index (χ4n) is 1.24. The van der Waals surface area contributed by atoms with Crippen LogP contribution in [0, 0.1) is 0 Å². The summed E-state index contributed by atoms with van der Waals surface area (Å²) in [6, 6.07) is 4.54. The normalized spacial score (nSPS) is 14.5. The quantitative estimate of drug-likeness (QED) is 0.519. The highest BCUT2D eigenvalue weighted by molar-refractivity contribution is 6.57. The van der Waals surface area contributed by atoms with Crippen molar-refractivity contribution >= 4 is 23.7 Å². The molecular weight excluding hydrogens is 168 g/mol. The molecule has 1 aliphatic carbocycles. The molecule has 0 atom stereocenters. The van der Waals surface area contributed by atoms with Crippen molar-refractivity contribution in [2.24, 2.45) is 0 Å². The van der Waals surface area contributed by atoms with Crippen molar-refractivity contribution in [1.82, 2.24) is 0 Å². The van der Waals surface area contributed by atoms with Gasteiger partial charge in [-0.2, -0.15) is 0 Å². The first-order valence-corrected chi connectivity index (χ1v) is 3.77. The summed E-state index contributed by atoms with van der Waals surface area (Å²) in [7, 11) is 0. The Balaban J connectivity index is 2.85. The highest BCUT2D eigenvalue weighted by Gasteiger charge is 2.11. The van der Waals surface area contributed by atoms with Gasteiger partial charge in [0.2, 0.25) is 11.6 Å². The molecule has 0 radical (unpaired) electrons. The van der Waals surface area contributed by atoms with Gasteiger partial charge in [0, 0.05) is 0 Å². The molecule has 0 aromatic heterocycles. The molecule has 1 aromatic carbocycles. The highest BCUT2D eigenvalue weighted by atomic mass is 16.3. The van der Waals surface area contributed by atoms with E-state index < -0.39 is 11.6 Å². The third kappa shape index (κ3) is 1.24. The molecule has 0 aliphatic heterocycles. The van der Waals surface area contributed by atoms with Gasteiger partial charge in [-0.1, -0.05) is 6.07 Å². The molecule has 13 heavy (non-hydrogen) atoms. The topological polar surface area (TPSA) is 54.4 Å². The van der Waals surface area contributed by atoms with Crippen LogP contribution in [0.1, 0.15) is 0 Å². The summed E-state index contributed by atoms with van der Waals surface area (Å²) in [4.78, 5) is 21.9. The van der Waals surface area contributed by atoms with Crippen molar-refractivity contribution in [3.63, 3.8) is 0 Å². The summed E-state index contributed by atoms with van der Waals surface area (Å²) in [5, 5.41) is 10.4. The Morgan fingerprint density at radius 1 is 0.923 bits per heavy atom. The van der Waals surface area contributed by atoms with E-state index >= 15 is 0 Å². The van der Waals surface area contributed by atoms with Crippen LogP contribution in [0.2, 0.25) is 0 Å². The molecule has 3 heteroatoms.